The molecule has 2 aromatic rings. The quantitative estimate of drug-likeness (QED) is 0.318. The molecule has 2 aromatic carbocycles. The lowest BCUT2D eigenvalue weighted by Gasteiger charge is -2.53. The number of carbonyl (C=O) groups excluding carboxylic acids is 1. The van der Waals surface area contributed by atoms with Gasteiger partial charge in [-0.25, -0.2) is 4.79 Å². The van der Waals surface area contributed by atoms with Crippen molar-refractivity contribution < 1.29 is 28.7 Å². The molecule has 0 amide bonds. The summed E-state index contributed by atoms with van der Waals surface area (Å²) in [6, 6.07) is 11.2. The molecular weight excluding hydrogens is 404 g/mol. The Labute approximate surface area is 178 Å². The summed E-state index contributed by atoms with van der Waals surface area (Å²) < 4.78 is 23.3. The molecule has 162 valence electrons. The van der Waals surface area contributed by atoms with Crippen LogP contribution in [0.1, 0.15) is 24.1 Å². The molecule has 0 N–H and O–H groups in total. The van der Waals surface area contributed by atoms with Gasteiger partial charge in [0.05, 0.1) is 4.92 Å². The number of non-ortho nitro benzene ring substituents is 1. The average Bonchev–Trinajstić information content (AvgIpc) is 3.15. The van der Waals surface area contributed by atoms with E-state index >= 15 is 0 Å². The van der Waals surface area contributed by atoms with E-state index in [2.05, 4.69) is 0 Å². The summed E-state index contributed by atoms with van der Waals surface area (Å²) >= 11 is 0. The minimum absolute atomic E-state index is 0.0549. The number of morpholine rings is 1. The van der Waals surface area contributed by atoms with Crippen LogP contribution in [0.15, 0.2) is 42.5 Å². The average molecular weight is 426 g/mol. The van der Waals surface area contributed by atoms with E-state index in [0.717, 1.165) is 11.3 Å². The highest BCUT2D eigenvalue weighted by Gasteiger charge is 2.61. The third-order valence-electron chi connectivity index (χ3n) is 6.43. The van der Waals surface area contributed by atoms with E-state index in [1.54, 1.807) is 13.0 Å². The third-order valence-corrected chi connectivity index (χ3v) is 6.43. The summed E-state index contributed by atoms with van der Waals surface area (Å²) in [5, 5.41) is 11.5. The summed E-state index contributed by atoms with van der Waals surface area (Å²) in [7, 11) is 2.98. The first-order valence-electron chi connectivity index (χ1n) is 9.98. The molecule has 0 aromatic heterocycles. The summed E-state index contributed by atoms with van der Waals surface area (Å²) in [4.78, 5) is 26.1. The zero-order valence-electron chi connectivity index (χ0n) is 17.3. The number of methoxy groups -OCH3 is 2. The number of esters is 1. The van der Waals surface area contributed by atoms with Crippen LogP contribution in [0, 0.1) is 10.1 Å². The zero-order valence-corrected chi connectivity index (χ0v) is 17.3. The van der Waals surface area contributed by atoms with Gasteiger partial charge in [-0.2, -0.15) is 0 Å². The Balaban J connectivity index is 1.74. The topological polar surface area (TPSA) is 100 Å². The molecule has 0 saturated carbocycles. The second kappa shape index (κ2) is 6.93. The highest BCUT2D eigenvalue weighted by molar-refractivity contribution is 5.86. The molecule has 0 unspecified atom stereocenters. The summed E-state index contributed by atoms with van der Waals surface area (Å²) in [6.45, 7) is 1.77. The van der Waals surface area contributed by atoms with Gasteiger partial charge in [0.25, 0.3) is 5.69 Å². The molecule has 0 bridgehead atoms. The standard InChI is InChI=1S/C22H22N2O7/c1-22(21(28-2)29-3)19-18(14-11-13(24(26)27)8-9-17(14)31-22)23-15-7-5-4-6-12(15)10-16(23)20(25)30-19/h4-9,11,16,18-19,21H,10H2,1-3H3/t16-,18+,19-,22+/m1/s1. The molecule has 3 aliphatic heterocycles. The van der Waals surface area contributed by atoms with Crippen molar-refractivity contribution in [2.75, 3.05) is 19.1 Å². The van der Waals surface area contributed by atoms with E-state index in [0.29, 0.717) is 17.7 Å². The minimum Gasteiger partial charge on any atom is -0.478 e. The number of anilines is 1. The fourth-order valence-corrected chi connectivity index (χ4v) is 5.12. The number of nitro groups is 1. The van der Waals surface area contributed by atoms with Crippen LogP contribution in [0.5, 0.6) is 5.75 Å². The van der Waals surface area contributed by atoms with E-state index < -0.39 is 35.0 Å². The lowest BCUT2D eigenvalue weighted by molar-refractivity contribution is -0.385. The van der Waals surface area contributed by atoms with Crippen molar-refractivity contribution in [3.63, 3.8) is 0 Å². The Morgan fingerprint density at radius 2 is 1.97 bits per heavy atom. The van der Waals surface area contributed by atoms with E-state index in [9.17, 15) is 14.9 Å². The van der Waals surface area contributed by atoms with Crippen molar-refractivity contribution in [2.45, 2.75) is 43.4 Å². The maximum absolute atomic E-state index is 13.1. The predicted molar refractivity (Wildman–Crippen MR) is 109 cm³/mol. The summed E-state index contributed by atoms with van der Waals surface area (Å²) in [5.74, 6) is 0.0987. The lowest BCUT2D eigenvalue weighted by atomic mass is 9.81. The minimum atomic E-state index is -1.19. The van der Waals surface area contributed by atoms with E-state index in [4.69, 9.17) is 18.9 Å². The van der Waals surface area contributed by atoms with E-state index in [1.807, 2.05) is 29.2 Å². The first-order valence-corrected chi connectivity index (χ1v) is 9.98. The van der Waals surface area contributed by atoms with Gasteiger partial charge < -0.3 is 23.8 Å². The molecule has 1 fully saturated rings. The SMILES string of the molecule is COC(OC)[C@@]1(C)Oc2ccc([N+](=O)[O-])cc2[C@H]2[C@H]1OC(=O)[C@H]1Cc3ccccc3N12. The fraction of sp³-hybridized carbons (Fsp3) is 0.409. The van der Waals surface area contributed by atoms with Gasteiger partial charge >= 0.3 is 5.97 Å². The molecule has 9 nitrogen and oxygen atoms in total. The van der Waals surface area contributed by atoms with Crippen LogP contribution in [-0.4, -0.2) is 49.1 Å². The second-order valence-electron chi connectivity index (χ2n) is 8.13. The first kappa shape index (κ1) is 19.8. The van der Waals surface area contributed by atoms with E-state index in [1.165, 1.54) is 26.4 Å². The molecule has 31 heavy (non-hydrogen) atoms. The van der Waals surface area contributed by atoms with Crippen molar-refractivity contribution in [3.05, 3.63) is 63.7 Å². The molecule has 3 heterocycles. The van der Waals surface area contributed by atoms with Gasteiger partial charge in [-0.15, -0.1) is 0 Å². The van der Waals surface area contributed by atoms with Gasteiger partial charge in [-0.3, -0.25) is 10.1 Å². The third kappa shape index (κ3) is 2.73. The monoisotopic (exact) mass is 426 g/mol. The Kier molecular flexibility index (Phi) is 4.42. The van der Waals surface area contributed by atoms with Crippen LogP contribution in [0.25, 0.3) is 0 Å². The molecule has 9 heteroatoms. The summed E-state index contributed by atoms with van der Waals surface area (Å²) in [6.07, 6.45) is -1.15. The van der Waals surface area contributed by atoms with Gasteiger partial charge in [-0.05, 0) is 24.6 Å². The number of nitrogens with zero attached hydrogens (tertiary/aromatic N) is 2. The number of hydrogen-bond donors (Lipinski definition) is 0. The number of fused-ring (bicyclic) bond motifs is 7. The van der Waals surface area contributed by atoms with Gasteiger partial charge in [0.1, 0.15) is 17.8 Å². The summed E-state index contributed by atoms with van der Waals surface area (Å²) in [5.41, 5.74) is 1.29. The zero-order chi connectivity index (χ0) is 21.9. The Morgan fingerprint density at radius 3 is 2.68 bits per heavy atom. The van der Waals surface area contributed by atoms with Crippen LogP contribution < -0.4 is 9.64 Å². The molecule has 0 radical (unpaired) electrons. The predicted octanol–water partition coefficient (Wildman–Crippen LogP) is 2.76. The highest BCUT2D eigenvalue weighted by Crippen LogP contribution is 2.53. The Hall–Kier alpha value is -3.17. The Bertz CT molecular complexity index is 1070. The number of carbonyl (C=O) groups is 1. The van der Waals surface area contributed by atoms with Crippen molar-refractivity contribution in [2.24, 2.45) is 0 Å². The number of nitro benzene ring substituents is 1. The van der Waals surface area contributed by atoms with Crippen molar-refractivity contribution in [1.82, 2.24) is 0 Å². The molecule has 0 spiro atoms. The van der Waals surface area contributed by atoms with Gasteiger partial charge in [-0.1, -0.05) is 18.2 Å². The number of rotatable bonds is 4. The maximum atomic E-state index is 13.1. The molecule has 3 aliphatic rings. The van der Waals surface area contributed by atoms with Crippen molar-refractivity contribution in [1.29, 1.82) is 0 Å². The number of ether oxygens (including phenoxy) is 4. The van der Waals surface area contributed by atoms with Crippen LogP contribution in [0.4, 0.5) is 11.4 Å². The van der Waals surface area contributed by atoms with Crippen LogP contribution in [0.2, 0.25) is 0 Å². The normalized spacial score (nSPS) is 28.2. The van der Waals surface area contributed by atoms with Crippen LogP contribution >= 0.6 is 0 Å². The van der Waals surface area contributed by atoms with Crippen LogP contribution in [0.3, 0.4) is 0 Å². The van der Waals surface area contributed by atoms with Crippen molar-refractivity contribution in [3.8, 4) is 5.75 Å². The fourth-order valence-electron chi connectivity index (χ4n) is 5.12. The second-order valence-corrected chi connectivity index (χ2v) is 8.13. The lowest BCUT2D eigenvalue weighted by Crippen LogP contribution is -2.67. The smallest absolute Gasteiger partial charge is 0.329 e. The molecule has 0 aliphatic carbocycles. The van der Waals surface area contributed by atoms with E-state index in [-0.39, 0.29) is 11.7 Å². The molecule has 5 rings (SSSR count). The number of para-hydroxylation sites is 1. The largest absolute Gasteiger partial charge is 0.478 e. The number of benzene rings is 2. The molecule has 1 saturated heterocycles. The Morgan fingerprint density at radius 1 is 1.23 bits per heavy atom. The van der Waals surface area contributed by atoms with Crippen molar-refractivity contribution >= 4 is 17.3 Å². The number of hydrogen-bond acceptors (Lipinski definition) is 8. The van der Waals surface area contributed by atoms with Gasteiger partial charge in [0, 0.05) is 44.0 Å². The van der Waals surface area contributed by atoms with Gasteiger partial charge in [0.15, 0.2) is 11.7 Å². The molecular formula is C22H22N2O7. The maximum Gasteiger partial charge on any atom is 0.329 e. The first-order chi connectivity index (χ1) is 14.9. The van der Waals surface area contributed by atoms with Crippen LogP contribution in [-0.2, 0) is 25.4 Å². The highest BCUT2D eigenvalue weighted by atomic mass is 16.7. The molecule has 4 atom stereocenters. The van der Waals surface area contributed by atoms with Gasteiger partial charge in [0.2, 0.25) is 6.29 Å².